The summed E-state index contributed by atoms with van der Waals surface area (Å²) in [6.07, 6.45) is 8.17. The van der Waals surface area contributed by atoms with E-state index in [1.54, 1.807) is 31.4 Å². The number of hydrogen-bond donors (Lipinski definition) is 2. The Hall–Kier alpha value is -3.47. The maximum atomic E-state index is 13.1. The van der Waals surface area contributed by atoms with Crippen LogP contribution in [0.2, 0.25) is 0 Å². The van der Waals surface area contributed by atoms with Gasteiger partial charge in [0.2, 0.25) is 0 Å². The summed E-state index contributed by atoms with van der Waals surface area (Å²) in [6, 6.07) is 6.58. The van der Waals surface area contributed by atoms with Crippen LogP contribution >= 0.6 is 0 Å². The molecule has 0 aliphatic rings. The van der Waals surface area contributed by atoms with Gasteiger partial charge in [0.05, 0.1) is 19.3 Å². The zero-order valence-corrected chi connectivity index (χ0v) is 20.4. The van der Waals surface area contributed by atoms with Crippen molar-refractivity contribution in [1.82, 2.24) is 0 Å². The van der Waals surface area contributed by atoms with Crippen molar-refractivity contribution in [2.45, 2.75) is 47.5 Å². The number of methoxy groups -OCH3 is 1. The predicted octanol–water partition coefficient (Wildman–Crippen LogP) is 6.42. The van der Waals surface area contributed by atoms with Gasteiger partial charge in [0, 0.05) is 5.56 Å². The van der Waals surface area contributed by atoms with E-state index in [-0.39, 0.29) is 22.8 Å². The Kier molecular flexibility index (Phi) is 9.34. The summed E-state index contributed by atoms with van der Waals surface area (Å²) in [5.74, 6) is 0.607. The van der Waals surface area contributed by atoms with Gasteiger partial charge in [0.1, 0.15) is 11.5 Å². The van der Waals surface area contributed by atoms with Gasteiger partial charge in [-0.25, -0.2) is 0 Å². The van der Waals surface area contributed by atoms with Crippen LogP contribution in [-0.2, 0) is 12.8 Å². The number of allylic oxidation sites excluding steroid dienone is 5. The standard InChI is InChI=1S/C28H34O5/c1-7-33-26-16-20(11-15-25(26)30)10-14-24(29)23-17-21(12-8-18(2)3)28(32-6)22(27(23)31)13-9-19(4)5/h8-11,14-17,30-31H,7,12-13H2,1-6H3/b14-10+. The second kappa shape index (κ2) is 12.0. The summed E-state index contributed by atoms with van der Waals surface area (Å²) in [4.78, 5) is 13.1. The van der Waals surface area contributed by atoms with E-state index in [0.29, 0.717) is 42.1 Å². The first-order chi connectivity index (χ1) is 15.7. The first-order valence-corrected chi connectivity index (χ1v) is 11.0. The molecule has 0 unspecified atom stereocenters. The van der Waals surface area contributed by atoms with Crippen molar-refractivity contribution in [3.63, 3.8) is 0 Å². The average molecular weight is 451 g/mol. The minimum Gasteiger partial charge on any atom is -0.507 e. The molecule has 176 valence electrons. The lowest BCUT2D eigenvalue weighted by Crippen LogP contribution is -2.04. The van der Waals surface area contributed by atoms with E-state index in [1.807, 2.05) is 40.7 Å². The summed E-state index contributed by atoms with van der Waals surface area (Å²) >= 11 is 0. The molecule has 0 atom stereocenters. The Morgan fingerprint density at radius 1 is 1.00 bits per heavy atom. The van der Waals surface area contributed by atoms with E-state index in [4.69, 9.17) is 9.47 Å². The van der Waals surface area contributed by atoms with Crippen molar-refractivity contribution in [3.05, 3.63) is 75.9 Å². The van der Waals surface area contributed by atoms with Gasteiger partial charge in [-0.1, -0.05) is 35.4 Å². The molecule has 5 nitrogen and oxygen atoms in total. The Morgan fingerprint density at radius 3 is 2.27 bits per heavy atom. The van der Waals surface area contributed by atoms with Crippen molar-refractivity contribution < 1.29 is 24.5 Å². The van der Waals surface area contributed by atoms with Crippen molar-refractivity contribution in [2.75, 3.05) is 13.7 Å². The third kappa shape index (κ3) is 7.01. The van der Waals surface area contributed by atoms with Crippen molar-refractivity contribution in [1.29, 1.82) is 0 Å². The molecule has 0 spiro atoms. The van der Waals surface area contributed by atoms with Crippen LogP contribution in [0.15, 0.2) is 53.6 Å². The lowest BCUT2D eigenvalue weighted by Gasteiger charge is -2.17. The number of phenolic OH excluding ortho intramolecular Hbond substituents is 2. The normalized spacial score (nSPS) is 10.7. The van der Waals surface area contributed by atoms with Crippen molar-refractivity contribution >= 4 is 11.9 Å². The first-order valence-electron chi connectivity index (χ1n) is 11.0. The average Bonchev–Trinajstić information content (AvgIpc) is 2.77. The monoisotopic (exact) mass is 450 g/mol. The number of ketones is 1. The van der Waals surface area contributed by atoms with E-state index in [1.165, 1.54) is 12.1 Å². The Bertz CT molecular complexity index is 1080. The highest BCUT2D eigenvalue weighted by atomic mass is 16.5. The van der Waals surface area contributed by atoms with Crippen LogP contribution in [0, 0.1) is 0 Å². The number of phenols is 2. The minimum absolute atomic E-state index is 0.0425. The third-order valence-corrected chi connectivity index (χ3v) is 5.05. The van der Waals surface area contributed by atoms with Crippen LogP contribution in [0.3, 0.4) is 0 Å². The van der Waals surface area contributed by atoms with Gasteiger partial charge in [-0.15, -0.1) is 0 Å². The van der Waals surface area contributed by atoms with Crippen molar-refractivity contribution in [2.24, 2.45) is 0 Å². The van der Waals surface area contributed by atoms with Gasteiger partial charge in [0.15, 0.2) is 17.3 Å². The zero-order chi connectivity index (χ0) is 24.5. The molecule has 0 aromatic heterocycles. The molecule has 2 aromatic carbocycles. The molecular formula is C28H34O5. The molecule has 5 heteroatoms. The minimum atomic E-state index is -0.321. The molecule has 0 aliphatic heterocycles. The molecule has 0 saturated heterocycles. The van der Waals surface area contributed by atoms with Crippen LogP contribution < -0.4 is 9.47 Å². The van der Waals surface area contributed by atoms with Crippen LogP contribution in [0.25, 0.3) is 6.08 Å². The van der Waals surface area contributed by atoms with Gasteiger partial charge in [-0.05, 0) is 82.9 Å². The summed E-state index contributed by atoms with van der Waals surface area (Å²) in [5.41, 5.74) is 4.63. The number of carbonyl (C=O) groups excluding carboxylic acids is 1. The number of benzene rings is 2. The van der Waals surface area contributed by atoms with E-state index in [2.05, 4.69) is 6.08 Å². The van der Waals surface area contributed by atoms with E-state index in [9.17, 15) is 15.0 Å². The Balaban J connectivity index is 2.51. The number of hydrogen-bond acceptors (Lipinski definition) is 5. The van der Waals surface area contributed by atoms with E-state index >= 15 is 0 Å². The molecule has 0 heterocycles. The Morgan fingerprint density at radius 2 is 1.67 bits per heavy atom. The van der Waals surface area contributed by atoms with Gasteiger partial charge in [0.25, 0.3) is 0 Å². The first kappa shape index (κ1) is 25.8. The van der Waals surface area contributed by atoms with Crippen molar-refractivity contribution in [3.8, 4) is 23.0 Å². The van der Waals surface area contributed by atoms with Gasteiger partial charge in [-0.2, -0.15) is 0 Å². The highest BCUT2D eigenvalue weighted by molar-refractivity contribution is 6.09. The highest BCUT2D eigenvalue weighted by Crippen LogP contribution is 2.37. The summed E-state index contributed by atoms with van der Waals surface area (Å²) < 4.78 is 11.1. The third-order valence-electron chi connectivity index (χ3n) is 5.05. The summed E-state index contributed by atoms with van der Waals surface area (Å²) in [7, 11) is 1.58. The number of aromatic hydroxyl groups is 2. The maximum Gasteiger partial charge on any atom is 0.189 e. The highest BCUT2D eigenvalue weighted by Gasteiger charge is 2.20. The van der Waals surface area contributed by atoms with Gasteiger partial charge >= 0.3 is 0 Å². The molecule has 2 aromatic rings. The fourth-order valence-electron chi connectivity index (χ4n) is 3.34. The molecule has 0 radical (unpaired) electrons. The largest absolute Gasteiger partial charge is 0.507 e. The molecule has 0 amide bonds. The number of rotatable bonds is 10. The van der Waals surface area contributed by atoms with Crippen LogP contribution in [0.4, 0.5) is 0 Å². The Labute approximate surface area is 196 Å². The molecule has 0 aliphatic carbocycles. The number of ether oxygens (including phenoxy) is 2. The molecule has 2 N–H and O–H groups in total. The van der Waals surface area contributed by atoms with Crippen LogP contribution in [0.5, 0.6) is 23.0 Å². The van der Waals surface area contributed by atoms with Gasteiger partial charge < -0.3 is 19.7 Å². The fourth-order valence-corrected chi connectivity index (χ4v) is 3.34. The van der Waals surface area contributed by atoms with Crippen LogP contribution in [0.1, 0.15) is 61.7 Å². The van der Waals surface area contributed by atoms with Crippen LogP contribution in [-0.4, -0.2) is 29.7 Å². The number of carbonyl (C=O) groups is 1. The molecular weight excluding hydrogens is 416 g/mol. The fraction of sp³-hybridized carbons (Fsp3) is 0.321. The molecule has 0 saturated carbocycles. The molecule has 0 bridgehead atoms. The second-order valence-electron chi connectivity index (χ2n) is 8.27. The lowest BCUT2D eigenvalue weighted by atomic mass is 9.94. The van der Waals surface area contributed by atoms with E-state index in [0.717, 1.165) is 16.7 Å². The summed E-state index contributed by atoms with van der Waals surface area (Å²) in [6.45, 7) is 10.2. The second-order valence-corrected chi connectivity index (χ2v) is 8.27. The predicted molar refractivity (Wildman–Crippen MR) is 134 cm³/mol. The molecule has 0 fully saturated rings. The SMILES string of the molecule is CCOc1cc(/C=C/C(=O)c2cc(CC=C(C)C)c(OC)c(CC=C(C)C)c2O)ccc1O. The van der Waals surface area contributed by atoms with Gasteiger partial charge in [-0.3, -0.25) is 4.79 Å². The topological polar surface area (TPSA) is 76.0 Å². The smallest absolute Gasteiger partial charge is 0.189 e. The quantitative estimate of drug-likeness (QED) is 0.248. The molecule has 33 heavy (non-hydrogen) atoms. The lowest BCUT2D eigenvalue weighted by molar-refractivity contribution is 0.104. The zero-order valence-electron chi connectivity index (χ0n) is 20.4. The summed E-state index contributed by atoms with van der Waals surface area (Å²) in [5, 5.41) is 20.9. The maximum absolute atomic E-state index is 13.1. The molecule has 2 rings (SSSR count). The van der Waals surface area contributed by atoms with E-state index < -0.39 is 0 Å².